The number of benzene rings is 2. The molecule has 0 radical (unpaired) electrons. The molecule has 0 spiro atoms. The molecule has 2 aromatic carbocycles. The zero-order chi connectivity index (χ0) is 43.0. The number of ketones is 2. The molecule has 318 valence electrons. The number of rotatable bonds is 16. The molecule has 2 aromatic heterocycles. The van der Waals surface area contributed by atoms with Crippen LogP contribution in [0.15, 0.2) is 75.6 Å². The summed E-state index contributed by atoms with van der Waals surface area (Å²) >= 11 is 0. The number of carbonyl (C=O) groups excluding carboxylic acids is 4. The summed E-state index contributed by atoms with van der Waals surface area (Å²) in [6.45, 7) is 22.0. The van der Waals surface area contributed by atoms with E-state index in [2.05, 4.69) is 55.4 Å². The third-order valence-corrected chi connectivity index (χ3v) is 9.53. The number of ether oxygens (including phenoxy) is 1. The Bertz CT molecular complexity index is 2030. The molecule has 0 aliphatic heterocycles. The maximum atomic E-state index is 12.2. The fraction of sp³-hybridized carbons (Fsp3) is 0.413. The minimum atomic E-state index is -2.34. The monoisotopic (exact) mass is 850 g/mol. The molecule has 0 saturated carbocycles. The van der Waals surface area contributed by atoms with E-state index in [1.54, 1.807) is 62.7 Å². The summed E-state index contributed by atoms with van der Waals surface area (Å²) in [5.41, 5.74) is 4.35. The molecule has 0 unspecified atom stereocenters. The van der Waals surface area contributed by atoms with Gasteiger partial charge in [-0.1, -0.05) is 79.7 Å². The van der Waals surface area contributed by atoms with Crippen LogP contribution in [0.2, 0.25) is 0 Å². The van der Waals surface area contributed by atoms with E-state index in [0.29, 0.717) is 47.0 Å². The molecule has 0 aliphatic rings. The molecule has 11 nitrogen and oxygen atoms in total. The summed E-state index contributed by atoms with van der Waals surface area (Å²) in [6.07, 6.45) is 4.38. The summed E-state index contributed by atoms with van der Waals surface area (Å²) in [5.74, 6) is 2.83. The zero-order valence-electron chi connectivity index (χ0n) is 38.7. The van der Waals surface area contributed by atoms with Gasteiger partial charge >= 0.3 is 60.4 Å². The van der Waals surface area contributed by atoms with Crippen LogP contribution < -0.4 is 48.4 Å². The maximum Gasteiger partial charge on any atom is 1.00 e. The van der Waals surface area contributed by atoms with Crippen molar-refractivity contribution in [2.45, 2.75) is 98.8 Å². The average molecular weight is 851 g/mol. The predicted molar refractivity (Wildman–Crippen MR) is 229 cm³/mol. The van der Waals surface area contributed by atoms with Crippen LogP contribution in [0.25, 0.3) is 6.08 Å². The normalized spacial score (nSPS) is 10.8. The standard InChI is InChI=1S/C21H24O4.C14H19O4P.C11H16O2.Li.Na.H2O.H/c1-13(2)19-12-18(25-20(19)14(3)4)9-8-17(22)11-15-6-5-7-16(10-15)21(23)24;1-4-18-14(16)12-7-5-6-11(8-12)9-13(15)10-19(2,3)17;1-7(2)10-5-9(6-12)13-11(10)8(3)4;;;;/h5-10,12-14H,11H2,1-4H3,(H,23,24);5-8H,4,9-10H2,1-3H3;5-8H,1-4H3;;;1H2;/q;;;2*+1;;-1/p-1/b9-8+;;;;;;. The van der Waals surface area contributed by atoms with Crippen molar-refractivity contribution in [3.05, 3.63) is 123 Å². The topological polar surface area (TPSA) is 188 Å². The Hall–Kier alpha value is -3.52. The Balaban J connectivity index is -0.000000838. The Morgan fingerprint density at radius 2 is 1.22 bits per heavy atom. The van der Waals surface area contributed by atoms with Crippen molar-refractivity contribution in [1.29, 1.82) is 0 Å². The summed E-state index contributed by atoms with van der Waals surface area (Å²) < 4.78 is 27.8. The first kappa shape index (κ1) is 58.6. The van der Waals surface area contributed by atoms with Gasteiger partial charge in [0.1, 0.15) is 23.1 Å². The molecule has 60 heavy (non-hydrogen) atoms. The number of Topliss-reactive ketones (excluding diaryl/α,β-unsaturated/α-hetero) is 1. The van der Waals surface area contributed by atoms with Gasteiger partial charge in [0.05, 0.1) is 31.0 Å². The fourth-order valence-electron chi connectivity index (χ4n) is 5.80. The molecule has 0 amide bonds. The number of furan rings is 2. The number of carboxylic acids is 1. The minimum absolute atomic E-state index is 0. The van der Waals surface area contributed by atoms with Crippen molar-refractivity contribution in [2.75, 3.05) is 26.1 Å². The van der Waals surface area contributed by atoms with Crippen LogP contribution in [0.4, 0.5) is 0 Å². The van der Waals surface area contributed by atoms with Gasteiger partial charge in [-0.05, 0) is 103 Å². The number of carbonyl (C=O) groups is 5. The molecule has 2 heterocycles. The fourth-order valence-corrected chi connectivity index (χ4v) is 6.77. The second kappa shape index (κ2) is 28.2. The van der Waals surface area contributed by atoms with E-state index in [1.165, 1.54) is 18.2 Å². The van der Waals surface area contributed by atoms with Crippen molar-refractivity contribution in [1.82, 2.24) is 0 Å². The molecule has 0 atom stereocenters. The average Bonchev–Trinajstić information content (AvgIpc) is 3.77. The number of hydrogen-bond donors (Lipinski definition) is 1. The van der Waals surface area contributed by atoms with Crippen molar-refractivity contribution >= 4 is 43.0 Å². The number of aromatic carboxylic acids is 1. The summed E-state index contributed by atoms with van der Waals surface area (Å²) in [4.78, 5) is 57.0. The van der Waals surface area contributed by atoms with Crippen molar-refractivity contribution in [2.24, 2.45) is 0 Å². The number of allylic oxidation sites excluding steroid dienone is 1. The van der Waals surface area contributed by atoms with Gasteiger partial charge in [0.15, 0.2) is 17.8 Å². The van der Waals surface area contributed by atoms with Gasteiger partial charge in [0, 0.05) is 24.7 Å². The van der Waals surface area contributed by atoms with Crippen LogP contribution in [0.1, 0.15) is 158 Å². The zero-order valence-corrected chi connectivity index (χ0v) is 40.6. The van der Waals surface area contributed by atoms with Gasteiger partial charge < -0.3 is 30.1 Å². The Labute approximate surface area is 391 Å². The third kappa shape index (κ3) is 20.4. The second-order valence-corrected chi connectivity index (χ2v) is 19.0. The molecule has 2 N–H and O–H groups in total. The number of carboxylic acid groups (broad SMARTS) is 1. The third-order valence-electron chi connectivity index (χ3n) is 8.41. The predicted octanol–water partition coefficient (Wildman–Crippen LogP) is 4.93. The largest absolute Gasteiger partial charge is 1.00 e. The second-order valence-electron chi connectivity index (χ2n) is 15.5. The summed E-state index contributed by atoms with van der Waals surface area (Å²) in [5, 5.41) is 9.00. The van der Waals surface area contributed by atoms with Crippen molar-refractivity contribution in [3.63, 3.8) is 0 Å². The summed E-state index contributed by atoms with van der Waals surface area (Å²) in [6, 6.07) is 17.0. The molecule has 0 bridgehead atoms. The smallest absolute Gasteiger partial charge is 1.00 e. The first-order valence-electron chi connectivity index (χ1n) is 19.2. The molecule has 14 heteroatoms. The van der Waals surface area contributed by atoms with Crippen LogP contribution in [-0.2, 0) is 31.7 Å². The molecule has 0 fully saturated rings. The summed E-state index contributed by atoms with van der Waals surface area (Å²) in [7, 11) is -2.34. The molecular formula is C46H61LiNaO11P. The van der Waals surface area contributed by atoms with Crippen molar-refractivity contribution in [3.8, 4) is 0 Å². The molecular weight excluding hydrogens is 789 g/mol. The number of aldehydes is 1. The first-order chi connectivity index (χ1) is 26.6. The number of hydrogen-bond acceptors (Lipinski definition) is 10. The Morgan fingerprint density at radius 1 is 0.750 bits per heavy atom. The van der Waals surface area contributed by atoms with E-state index in [0.717, 1.165) is 34.5 Å². The molecule has 4 aromatic rings. The Morgan fingerprint density at radius 3 is 1.65 bits per heavy atom. The van der Waals surface area contributed by atoms with Crippen LogP contribution in [0.5, 0.6) is 0 Å². The van der Waals surface area contributed by atoms with Crippen LogP contribution in [0.3, 0.4) is 0 Å². The van der Waals surface area contributed by atoms with E-state index < -0.39 is 19.1 Å². The van der Waals surface area contributed by atoms with E-state index in [4.69, 9.17) is 18.7 Å². The quantitative estimate of drug-likeness (QED) is 0.0530. The maximum absolute atomic E-state index is 12.2. The SMILES string of the molecule is CC(C)c1cc(/C=C/C(=O)Cc2cccc(C(=O)O)c2)oc1C(C)C.CC(C)c1cc(C=O)oc1C(C)C.CCOC(=O)c1cccc(CC(=O)CP(C)(C)=O)c1.[H-].[Li+].[Na+].[OH-]. The van der Waals surface area contributed by atoms with Gasteiger partial charge in [-0.25, -0.2) is 9.59 Å². The van der Waals surface area contributed by atoms with E-state index >= 15 is 0 Å². The first-order valence-corrected chi connectivity index (χ1v) is 22.0. The molecule has 0 saturated heterocycles. The van der Waals surface area contributed by atoms with Gasteiger partial charge in [0.25, 0.3) is 0 Å². The van der Waals surface area contributed by atoms with Gasteiger partial charge in [-0.15, -0.1) is 0 Å². The van der Waals surface area contributed by atoms with Crippen molar-refractivity contribution < 1.29 is 103 Å². The van der Waals surface area contributed by atoms with Crippen LogP contribution in [0, 0.1) is 0 Å². The minimum Gasteiger partial charge on any atom is -1.00 e. The Kier molecular flexibility index (Phi) is 27.5. The van der Waals surface area contributed by atoms with E-state index in [-0.39, 0.29) is 97.4 Å². The van der Waals surface area contributed by atoms with Gasteiger partial charge in [-0.3, -0.25) is 14.4 Å². The van der Waals surface area contributed by atoms with Gasteiger partial charge in [-0.2, -0.15) is 0 Å². The van der Waals surface area contributed by atoms with Crippen LogP contribution >= 0.6 is 7.14 Å². The molecule has 0 aliphatic carbocycles. The molecule has 4 rings (SSSR count). The van der Waals surface area contributed by atoms with Crippen LogP contribution in [-0.4, -0.2) is 66.5 Å². The van der Waals surface area contributed by atoms with E-state index in [9.17, 15) is 28.5 Å². The van der Waals surface area contributed by atoms with E-state index in [1.807, 2.05) is 12.1 Å². The van der Waals surface area contributed by atoms with Gasteiger partial charge in [0.2, 0.25) is 0 Å². The number of esters is 1.